The third kappa shape index (κ3) is 2.73. The lowest BCUT2D eigenvalue weighted by Crippen LogP contribution is -2.53. The molecule has 142 valence electrons. The largest absolute Gasteiger partial charge is 0.370 e. The van der Waals surface area contributed by atoms with Gasteiger partial charge in [-0.1, -0.05) is 40.5 Å². The van der Waals surface area contributed by atoms with Crippen molar-refractivity contribution in [2.24, 2.45) is 40.4 Å². The minimum Gasteiger partial charge on any atom is -0.370 e. The van der Waals surface area contributed by atoms with E-state index in [4.69, 9.17) is 4.74 Å². The zero-order valence-corrected chi connectivity index (χ0v) is 16.9. The van der Waals surface area contributed by atoms with Crippen molar-refractivity contribution in [2.45, 2.75) is 91.6 Å². The van der Waals surface area contributed by atoms with Gasteiger partial charge in [0, 0.05) is 18.4 Å². The molecule has 0 unspecified atom stereocenters. The SMILES string of the molecule is CC(C)CO[C@H]1C(=O)C[C@H]2[C@@H]3CC[C@H]4CCCC[C@]4(C)[C@H]3CC[C@]12C. The molecule has 0 aliphatic heterocycles. The van der Waals surface area contributed by atoms with Crippen molar-refractivity contribution in [3.63, 3.8) is 0 Å². The first-order valence-corrected chi connectivity index (χ1v) is 11.0. The fourth-order valence-corrected chi connectivity index (χ4v) is 7.62. The average Bonchev–Trinajstić information content (AvgIpc) is 2.82. The number of ether oxygens (including phenoxy) is 1. The van der Waals surface area contributed by atoms with Gasteiger partial charge in [-0.2, -0.15) is 0 Å². The topological polar surface area (TPSA) is 26.3 Å². The molecule has 0 bridgehead atoms. The van der Waals surface area contributed by atoms with Gasteiger partial charge in [-0.05, 0) is 73.5 Å². The number of rotatable bonds is 3. The van der Waals surface area contributed by atoms with Crippen molar-refractivity contribution < 1.29 is 9.53 Å². The van der Waals surface area contributed by atoms with Crippen LogP contribution in [0.1, 0.15) is 85.5 Å². The summed E-state index contributed by atoms with van der Waals surface area (Å²) >= 11 is 0. The van der Waals surface area contributed by atoms with Crippen LogP contribution in [0, 0.1) is 40.4 Å². The van der Waals surface area contributed by atoms with E-state index in [2.05, 4.69) is 27.7 Å². The first-order chi connectivity index (χ1) is 11.9. The maximum atomic E-state index is 12.9. The Kier molecular flexibility index (Phi) is 4.58. The van der Waals surface area contributed by atoms with Gasteiger partial charge < -0.3 is 4.74 Å². The first-order valence-electron chi connectivity index (χ1n) is 11.0. The molecule has 0 amide bonds. The molecule has 4 rings (SSSR count). The molecule has 4 saturated carbocycles. The molecule has 0 heterocycles. The predicted octanol–water partition coefficient (Wildman–Crippen LogP) is 5.64. The van der Waals surface area contributed by atoms with E-state index in [1.54, 1.807) is 0 Å². The Hall–Kier alpha value is -0.370. The van der Waals surface area contributed by atoms with E-state index >= 15 is 0 Å². The Morgan fingerprint density at radius 1 is 1.00 bits per heavy atom. The highest BCUT2D eigenvalue weighted by Crippen LogP contribution is 2.66. The molecule has 4 fully saturated rings. The molecule has 0 aromatic carbocycles. The fraction of sp³-hybridized carbons (Fsp3) is 0.957. The van der Waals surface area contributed by atoms with Crippen LogP contribution >= 0.6 is 0 Å². The highest BCUT2D eigenvalue weighted by atomic mass is 16.5. The highest BCUT2D eigenvalue weighted by Gasteiger charge is 2.62. The summed E-state index contributed by atoms with van der Waals surface area (Å²) in [5, 5.41) is 0. The molecule has 4 aliphatic carbocycles. The van der Waals surface area contributed by atoms with Gasteiger partial charge in [0.05, 0.1) is 0 Å². The van der Waals surface area contributed by atoms with E-state index in [0.29, 0.717) is 23.0 Å². The minimum absolute atomic E-state index is 0.102. The normalized spacial score (nSPS) is 49.6. The molecule has 0 aromatic heterocycles. The van der Waals surface area contributed by atoms with Gasteiger partial charge in [0.25, 0.3) is 0 Å². The van der Waals surface area contributed by atoms with E-state index in [0.717, 1.165) is 30.8 Å². The summed E-state index contributed by atoms with van der Waals surface area (Å²) in [6, 6.07) is 0. The van der Waals surface area contributed by atoms with Gasteiger partial charge in [-0.25, -0.2) is 0 Å². The highest BCUT2D eigenvalue weighted by molar-refractivity contribution is 5.87. The van der Waals surface area contributed by atoms with E-state index in [-0.39, 0.29) is 11.5 Å². The van der Waals surface area contributed by atoms with Crippen LogP contribution in [0.4, 0.5) is 0 Å². The molecule has 7 atom stereocenters. The van der Waals surface area contributed by atoms with Gasteiger partial charge in [0.15, 0.2) is 5.78 Å². The Morgan fingerprint density at radius 3 is 2.56 bits per heavy atom. The predicted molar refractivity (Wildman–Crippen MR) is 101 cm³/mol. The number of ketones is 1. The summed E-state index contributed by atoms with van der Waals surface area (Å²) in [7, 11) is 0. The summed E-state index contributed by atoms with van der Waals surface area (Å²) in [6.45, 7) is 10.1. The molecule has 0 spiro atoms. The van der Waals surface area contributed by atoms with E-state index in [9.17, 15) is 4.79 Å². The summed E-state index contributed by atoms with van der Waals surface area (Å²) in [5.74, 6) is 4.08. The summed E-state index contributed by atoms with van der Waals surface area (Å²) in [5.41, 5.74) is 0.660. The second kappa shape index (κ2) is 6.36. The third-order valence-corrected chi connectivity index (χ3v) is 8.93. The zero-order valence-electron chi connectivity index (χ0n) is 16.9. The number of hydrogen-bond donors (Lipinski definition) is 0. The summed E-state index contributed by atoms with van der Waals surface area (Å²) in [6.07, 6.45) is 11.8. The molecule has 0 N–H and O–H groups in total. The molecule has 2 nitrogen and oxygen atoms in total. The molecule has 4 aliphatic rings. The number of carbonyl (C=O) groups excluding carboxylic acids is 1. The van der Waals surface area contributed by atoms with Gasteiger partial charge in [-0.3, -0.25) is 4.79 Å². The van der Waals surface area contributed by atoms with Gasteiger partial charge in [0.2, 0.25) is 0 Å². The Balaban J connectivity index is 1.57. The maximum absolute atomic E-state index is 12.9. The number of hydrogen-bond acceptors (Lipinski definition) is 2. The molecule has 0 saturated heterocycles. The van der Waals surface area contributed by atoms with Crippen LogP contribution in [0.15, 0.2) is 0 Å². The standard InChI is InChI=1S/C23H38O2/c1-15(2)14-25-21-20(24)13-19-17-9-8-16-7-5-6-11-22(16,3)18(17)10-12-23(19,21)4/h15-19,21H,5-14H2,1-4H3/t16-,17-,18+,19+,21+,22+,23+/m1/s1. The summed E-state index contributed by atoms with van der Waals surface area (Å²) < 4.78 is 6.21. The van der Waals surface area contributed by atoms with Crippen molar-refractivity contribution in [3.05, 3.63) is 0 Å². The van der Waals surface area contributed by atoms with Crippen molar-refractivity contribution in [2.75, 3.05) is 6.61 Å². The van der Waals surface area contributed by atoms with Crippen LogP contribution in [-0.2, 0) is 9.53 Å². The summed E-state index contributed by atoms with van der Waals surface area (Å²) in [4.78, 5) is 12.9. The van der Waals surface area contributed by atoms with Gasteiger partial charge in [-0.15, -0.1) is 0 Å². The van der Waals surface area contributed by atoms with Crippen molar-refractivity contribution >= 4 is 5.78 Å². The lowest BCUT2D eigenvalue weighted by Gasteiger charge is -2.60. The smallest absolute Gasteiger partial charge is 0.162 e. The minimum atomic E-state index is -0.127. The number of carbonyl (C=O) groups is 1. The van der Waals surface area contributed by atoms with Crippen molar-refractivity contribution in [3.8, 4) is 0 Å². The molecule has 2 heteroatoms. The van der Waals surface area contributed by atoms with Crippen LogP contribution in [0.5, 0.6) is 0 Å². The second-order valence-electron chi connectivity index (χ2n) is 10.7. The van der Waals surface area contributed by atoms with E-state index in [1.807, 2.05) is 0 Å². The Bertz CT molecular complexity index is 526. The number of fused-ring (bicyclic) bond motifs is 5. The second-order valence-corrected chi connectivity index (χ2v) is 10.7. The molecule has 0 radical (unpaired) electrons. The average molecular weight is 347 g/mol. The van der Waals surface area contributed by atoms with Crippen LogP contribution < -0.4 is 0 Å². The molecule has 0 aromatic rings. The monoisotopic (exact) mass is 346 g/mol. The number of Topliss-reactive ketones (excluding diaryl/α,β-unsaturated/α-hetero) is 1. The quantitative estimate of drug-likeness (QED) is 0.661. The first kappa shape index (κ1) is 18.0. The lowest BCUT2D eigenvalue weighted by atomic mass is 9.45. The lowest BCUT2D eigenvalue weighted by molar-refractivity contribution is -0.144. The van der Waals surface area contributed by atoms with Crippen molar-refractivity contribution in [1.29, 1.82) is 0 Å². The van der Waals surface area contributed by atoms with Crippen LogP contribution in [0.3, 0.4) is 0 Å². The molecular weight excluding hydrogens is 308 g/mol. The van der Waals surface area contributed by atoms with E-state index in [1.165, 1.54) is 51.4 Å². The molecular formula is C23H38O2. The Labute approximate surface area is 154 Å². The van der Waals surface area contributed by atoms with Gasteiger partial charge in [0.1, 0.15) is 6.10 Å². The Morgan fingerprint density at radius 2 is 1.80 bits per heavy atom. The van der Waals surface area contributed by atoms with Crippen molar-refractivity contribution in [1.82, 2.24) is 0 Å². The van der Waals surface area contributed by atoms with Gasteiger partial charge >= 0.3 is 0 Å². The van der Waals surface area contributed by atoms with E-state index < -0.39 is 0 Å². The van der Waals surface area contributed by atoms with Crippen LogP contribution in [0.25, 0.3) is 0 Å². The van der Waals surface area contributed by atoms with Crippen LogP contribution in [0.2, 0.25) is 0 Å². The zero-order chi connectivity index (χ0) is 17.8. The van der Waals surface area contributed by atoms with Crippen LogP contribution in [-0.4, -0.2) is 18.5 Å². The third-order valence-electron chi connectivity index (χ3n) is 8.93. The molecule has 25 heavy (non-hydrogen) atoms. The fourth-order valence-electron chi connectivity index (χ4n) is 7.62. The maximum Gasteiger partial charge on any atom is 0.162 e.